The topological polar surface area (TPSA) is 38.3 Å². The normalized spacial score (nSPS) is 9.42. The van der Waals surface area contributed by atoms with E-state index in [1.165, 1.54) is 0 Å². The first-order valence-corrected chi connectivity index (χ1v) is 5.82. The molecule has 0 saturated heterocycles. The molecule has 0 aromatic heterocycles. The summed E-state index contributed by atoms with van der Waals surface area (Å²) in [6.07, 6.45) is 5.10. The number of ether oxygens (including phenoxy) is 1. The van der Waals surface area contributed by atoms with Crippen LogP contribution in [0.15, 0.2) is 54.6 Å². The summed E-state index contributed by atoms with van der Waals surface area (Å²) in [7, 11) is 0. The van der Waals surface area contributed by atoms with Gasteiger partial charge in [0.15, 0.2) is 0 Å². The maximum atomic E-state index is 11.9. The first-order valence-electron chi connectivity index (χ1n) is 5.82. The van der Waals surface area contributed by atoms with Crippen LogP contribution in [-0.2, 0) is 0 Å². The lowest BCUT2D eigenvalue weighted by Crippen LogP contribution is -2.11. The summed E-state index contributed by atoms with van der Waals surface area (Å²) < 4.78 is 5.25. The van der Waals surface area contributed by atoms with Crippen molar-refractivity contribution in [2.75, 3.05) is 11.9 Å². The molecule has 0 saturated carbocycles. The van der Waals surface area contributed by atoms with Crippen LogP contribution in [0.4, 0.5) is 5.69 Å². The van der Waals surface area contributed by atoms with E-state index in [2.05, 4.69) is 11.2 Å². The van der Waals surface area contributed by atoms with Gasteiger partial charge in [0.2, 0.25) is 0 Å². The highest BCUT2D eigenvalue weighted by molar-refractivity contribution is 6.04. The molecule has 0 aliphatic carbocycles. The van der Waals surface area contributed by atoms with Crippen LogP contribution in [0.5, 0.6) is 5.75 Å². The highest BCUT2D eigenvalue weighted by Gasteiger charge is 2.04. The number of nitrogens with one attached hydrogen (secondary N) is 1. The molecule has 0 atom stereocenters. The van der Waals surface area contributed by atoms with Crippen molar-refractivity contribution in [2.45, 2.75) is 0 Å². The maximum Gasteiger partial charge on any atom is 0.255 e. The minimum absolute atomic E-state index is 0.141. The summed E-state index contributed by atoms with van der Waals surface area (Å²) in [4.78, 5) is 11.9. The van der Waals surface area contributed by atoms with Gasteiger partial charge in [0, 0.05) is 11.3 Å². The van der Waals surface area contributed by atoms with Crippen LogP contribution in [0.1, 0.15) is 10.4 Å². The fraction of sp³-hybridized carbons (Fsp3) is 0.0625. The zero-order valence-corrected chi connectivity index (χ0v) is 10.3. The van der Waals surface area contributed by atoms with Crippen molar-refractivity contribution in [3.63, 3.8) is 0 Å². The van der Waals surface area contributed by atoms with Gasteiger partial charge in [-0.2, -0.15) is 0 Å². The molecule has 0 spiro atoms. The Labute approximate surface area is 112 Å². The highest BCUT2D eigenvalue weighted by Crippen LogP contribution is 2.16. The predicted octanol–water partition coefficient (Wildman–Crippen LogP) is 2.95. The maximum absolute atomic E-state index is 11.9. The average Bonchev–Trinajstić information content (AvgIpc) is 2.47. The summed E-state index contributed by atoms with van der Waals surface area (Å²) in [6.45, 7) is 0.232. The predicted molar refractivity (Wildman–Crippen MR) is 75.2 cm³/mol. The Morgan fingerprint density at radius 2 is 1.79 bits per heavy atom. The van der Waals surface area contributed by atoms with Gasteiger partial charge in [-0.1, -0.05) is 24.1 Å². The van der Waals surface area contributed by atoms with E-state index < -0.39 is 0 Å². The zero-order valence-electron chi connectivity index (χ0n) is 10.3. The number of anilines is 1. The zero-order chi connectivity index (χ0) is 13.5. The van der Waals surface area contributed by atoms with Crippen molar-refractivity contribution in [1.82, 2.24) is 0 Å². The lowest BCUT2D eigenvalue weighted by atomic mass is 10.2. The van der Waals surface area contributed by atoms with Gasteiger partial charge in [0.1, 0.15) is 12.4 Å². The van der Waals surface area contributed by atoms with Gasteiger partial charge in [-0.3, -0.25) is 4.79 Å². The van der Waals surface area contributed by atoms with E-state index in [-0.39, 0.29) is 12.5 Å². The standard InChI is InChI=1S/C16H13NO2/c1-2-12-19-15-10-8-14(9-11-15)17-16(18)13-6-4-3-5-7-13/h1,3-11H,12H2,(H,17,18). The third kappa shape index (κ3) is 3.62. The van der Waals surface area contributed by atoms with E-state index in [0.717, 1.165) is 0 Å². The molecule has 19 heavy (non-hydrogen) atoms. The summed E-state index contributed by atoms with van der Waals surface area (Å²) in [5.41, 5.74) is 1.33. The van der Waals surface area contributed by atoms with E-state index in [0.29, 0.717) is 17.0 Å². The molecule has 3 heteroatoms. The van der Waals surface area contributed by atoms with Crippen LogP contribution in [0, 0.1) is 12.3 Å². The Kier molecular flexibility index (Phi) is 4.20. The molecular weight excluding hydrogens is 238 g/mol. The van der Waals surface area contributed by atoms with Gasteiger partial charge in [-0.25, -0.2) is 0 Å². The quantitative estimate of drug-likeness (QED) is 0.848. The van der Waals surface area contributed by atoms with Gasteiger partial charge in [0.05, 0.1) is 0 Å². The van der Waals surface area contributed by atoms with Crippen LogP contribution in [0.2, 0.25) is 0 Å². The van der Waals surface area contributed by atoms with E-state index >= 15 is 0 Å². The molecule has 2 aromatic rings. The Balaban J connectivity index is 2.00. The van der Waals surface area contributed by atoms with Crippen molar-refractivity contribution in [3.8, 4) is 18.1 Å². The van der Waals surface area contributed by atoms with E-state index in [9.17, 15) is 4.79 Å². The SMILES string of the molecule is C#CCOc1ccc(NC(=O)c2ccccc2)cc1. The Bertz CT molecular complexity index is 582. The number of benzene rings is 2. The second kappa shape index (κ2) is 6.27. The molecule has 0 unspecified atom stereocenters. The Hall–Kier alpha value is -2.73. The molecule has 1 N–H and O–H groups in total. The number of hydrogen-bond acceptors (Lipinski definition) is 2. The van der Waals surface area contributed by atoms with Crippen LogP contribution in [0.3, 0.4) is 0 Å². The second-order valence-corrected chi connectivity index (χ2v) is 3.84. The van der Waals surface area contributed by atoms with Crippen LogP contribution >= 0.6 is 0 Å². The summed E-state index contributed by atoms with van der Waals surface area (Å²) in [5.74, 6) is 2.93. The van der Waals surface area contributed by atoms with Crippen molar-refractivity contribution in [1.29, 1.82) is 0 Å². The fourth-order valence-electron chi connectivity index (χ4n) is 1.55. The molecule has 0 heterocycles. The minimum Gasteiger partial charge on any atom is -0.481 e. The van der Waals surface area contributed by atoms with Crippen molar-refractivity contribution in [2.24, 2.45) is 0 Å². The van der Waals surface area contributed by atoms with Crippen LogP contribution in [0.25, 0.3) is 0 Å². The molecular formula is C16H13NO2. The molecule has 2 rings (SSSR count). The summed E-state index contributed by atoms with van der Waals surface area (Å²) in [5, 5.41) is 2.81. The minimum atomic E-state index is -0.141. The molecule has 0 fully saturated rings. The molecule has 0 bridgehead atoms. The summed E-state index contributed by atoms with van der Waals surface area (Å²) in [6, 6.07) is 16.1. The van der Waals surface area contributed by atoms with E-state index in [1.807, 2.05) is 18.2 Å². The third-order valence-electron chi connectivity index (χ3n) is 2.47. The van der Waals surface area contributed by atoms with Gasteiger partial charge in [-0.15, -0.1) is 6.42 Å². The fourth-order valence-corrected chi connectivity index (χ4v) is 1.55. The lowest BCUT2D eigenvalue weighted by Gasteiger charge is -2.06. The lowest BCUT2D eigenvalue weighted by molar-refractivity contribution is 0.102. The Morgan fingerprint density at radius 1 is 1.11 bits per heavy atom. The monoisotopic (exact) mass is 251 g/mol. The van der Waals surface area contributed by atoms with Crippen molar-refractivity contribution < 1.29 is 9.53 Å². The van der Waals surface area contributed by atoms with Crippen molar-refractivity contribution in [3.05, 3.63) is 60.2 Å². The second-order valence-electron chi connectivity index (χ2n) is 3.84. The van der Waals surface area contributed by atoms with Crippen LogP contribution in [-0.4, -0.2) is 12.5 Å². The largest absolute Gasteiger partial charge is 0.481 e. The summed E-state index contributed by atoms with van der Waals surface area (Å²) >= 11 is 0. The van der Waals surface area contributed by atoms with Gasteiger partial charge >= 0.3 is 0 Å². The Morgan fingerprint density at radius 3 is 2.42 bits per heavy atom. The van der Waals surface area contributed by atoms with Gasteiger partial charge in [-0.05, 0) is 36.4 Å². The molecule has 0 aliphatic heterocycles. The smallest absolute Gasteiger partial charge is 0.255 e. The first-order chi connectivity index (χ1) is 9.29. The van der Waals surface area contributed by atoms with E-state index in [4.69, 9.17) is 11.2 Å². The molecule has 3 nitrogen and oxygen atoms in total. The number of amides is 1. The molecule has 94 valence electrons. The molecule has 2 aromatic carbocycles. The van der Waals surface area contributed by atoms with Crippen LogP contribution < -0.4 is 10.1 Å². The molecule has 0 aliphatic rings. The molecule has 0 radical (unpaired) electrons. The number of rotatable bonds is 4. The third-order valence-corrected chi connectivity index (χ3v) is 2.47. The number of hydrogen-bond donors (Lipinski definition) is 1. The first kappa shape index (κ1) is 12.7. The number of carbonyl (C=O) groups is 1. The highest BCUT2D eigenvalue weighted by atomic mass is 16.5. The number of terminal acetylenes is 1. The average molecular weight is 251 g/mol. The van der Waals surface area contributed by atoms with Gasteiger partial charge < -0.3 is 10.1 Å². The van der Waals surface area contributed by atoms with Gasteiger partial charge in [0.25, 0.3) is 5.91 Å². The number of carbonyl (C=O) groups excluding carboxylic acids is 1. The van der Waals surface area contributed by atoms with E-state index in [1.54, 1.807) is 36.4 Å². The van der Waals surface area contributed by atoms with Crippen molar-refractivity contribution >= 4 is 11.6 Å². The molecule has 1 amide bonds.